The fourth-order valence-corrected chi connectivity index (χ4v) is 5.18. The lowest BCUT2D eigenvalue weighted by molar-refractivity contribution is -0.131. The van der Waals surface area contributed by atoms with E-state index in [0.29, 0.717) is 31.0 Å². The number of carbonyl (C=O) groups excluding carboxylic acids is 2. The molecule has 1 aromatic carbocycles. The number of aliphatic hydroxyl groups excluding tert-OH is 1. The van der Waals surface area contributed by atoms with Gasteiger partial charge in [-0.2, -0.15) is 4.98 Å². The van der Waals surface area contributed by atoms with Crippen molar-refractivity contribution in [2.24, 2.45) is 0 Å². The third kappa shape index (κ3) is 5.56. The molecule has 3 aromatic rings. The summed E-state index contributed by atoms with van der Waals surface area (Å²) in [4.78, 5) is 35.8. The number of carbonyl (C=O) groups is 2. The summed E-state index contributed by atoms with van der Waals surface area (Å²) in [7, 11) is 4.02. The van der Waals surface area contributed by atoms with Gasteiger partial charge >= 0.3 is 0 Å². The molecule has 0 atom stereocenters. The molecule has 0 spiro atoms. The first-order valence-electron chi connectivity index (χ1n) is 13.2. The van der Waals surface area contributed by atoms with E-state index in [2.05, 4.69) is 22.4 Å². The summed E-state index contributed by atoms with van der Waals surface area (Å²) in [5.74, 6) is 0.478. The normalized spacial score (nSPS) is 16.9. The largest absolute Gasteiger partial charge is 0.396 e. The van der Waals surface area contributed by atoms with Gasteiger partial charge in [0.25, 0.3) is 5.91 Å². The molecular weight excluding hydrogens is 482 g/mol. The van der Waals surface area contributed by atoms with Gasteiger partial charge in [0.1, 0.15) is 0 Å². The van der Waals surface area contributed by atoms with Crippen LogP contribution in [0.4, 0.5) is 11.6 Å². The lowest BCUT2D eigenvalue weighted by atomic mass is 10.0. The molecule has 10 nitrogen and oxygen atoms in total. The fourth-order valence-electron chi connectivity index (χ4n) is 5.18. The van der Waals surface area contributed by atoms with Crippen molar-refractivity contribution in [3.05, 3.63) is 59.8 Å². The molecule has 2 aliphatic heterocycles. The zero-order valence-corrected chi connectivity index (χ0v) is 22.0. The zero-order chi connectivity index (χ0) is 26.6. The van der Waals surface area contributed by atoms with Crippen LogP contribution in [-0.2, 0) is 4.79 Å². The summed E-state index contributed by atoms with van der Waals surface area (Å²) in [6, 6.07) is 11.7. The van der Waals surface area contributed by atoms with Crippen LogP contribution in [0.25, 0.3) is 11.2 Å². The summed E-state index contributed by atoms with van der Waals surface area (Å²) in [6.07, 6.45) is 6.77. The number of aliphatic hydroxyl groups is 1. The maximum atomic E-state index is 13.0. The van der Waals surface area contributed by atoms with Crippen LogP contribution in [0.1, 0.15) is 41.6 Å². The Morgan fingerprint density at radius 1 is 1.13 bits per heavy atom. The predicted octanol–water partition coefficient (Wildman–Crippen LogP) is 2.64. The number of anilines is 2. The average molecular weight is 518 g/mol. The summed E-state index contributed by atoms with van der Waals surface area (Å²) >= 11 is 0. The fraction of sp³-hybridized carbons (Fsp3) is 0.429. The summed E-state index contributed by atoms with van der Waals surface area (Å²) in [5.41, 5.74) is 4.32. The number of hydrogen-bond acceptors (Lipinski definition) is 7. The second-order valence-corrected chi connectivity index (χ2v) is 10.1. The molecule has 2 N–H and O–H groups in total. The Kier molecular flexibility index (Phi) is 7.71. The molecule has 0 aliphatic carbocycles. The lowest BCUT2D eigenvalue weighted by Gasteiger charge is -2.35. The minimum Gasteiger partial charge on any atom is -0.396 e. The summed E-state index contributed by atoms with van der Waals surface area (Å²) in [6.45, 7) is 3.03. The monoisotopic (exact) mass is 517 g/mol. The van der Waals surface area contributed by atoms with Crippen LogP contribution in [0.15, 0.2) is 48.7 Å². The molecule has 5 rings (SSSR count). The molecule has 0 saturated carbocycles. The highest BCUT2D eigenvalue weighted by Crippen LogP contribution is 2.27. The number of nitrogens with zero attached hydrogens (tertiary/aromatic N) is 6. The smallest absolute Gasteiger partial charge is 0.253 e. The van der Waals surface area contributed by atoms with Gasteiger partial charge in [0.15, 0.2) is 5.65 Å². The van der Waals surface area contributed by atoms with Gasteiger partial charge in [-0.1, -0.05) is 6.08 Å². The van der Waals surface area contributed by atoms with Crippen molar-refractivity contribution in [1.29, 1.82) is 0 Å². The minimum absolute atomic E-state index is 0.0313. The molecule has 1 fully saturated rings. The Morgan fingerprint density at radius 3 is 2.58 bits per heavy atom. The van der Waals surface area contributed by atoms with Crippen LogP contribution in [0.2, 0.25) is 0 Å². The number of pyridine rings is 1. The van der Waals surface area contributed by atoms with E-state index >= 15 is 0 Å². The quantitative estimate of drug-likeness (QED) is 0.496. The van der Waals surface area contributed by atoms with Crippen molar-refractivity contribution in [3.63, 3.8) is 0 Å². The van der Waals surface area contributed by atoms with Gasteiger partial charge in [-0.25, -0.2) is 4.52 Å². The molecule has 0 bridgehead atoms. The number of nitrogens with one attached hydrogen (secondary N) is 1. The molecule has 1 saturated heterocycles. The Morgan fingerprint density at radius 2 is 1.89 bits per heavy atom. The Balaban J connectivity index is 1.26. The molecule has 10 heteroatoms. The van der Waals surface area contributed by atoms with E-state index in [1.165, 1.54) is 0 Å². The first kappa shape index (κ1) is 25.9. The van der Waals surface area contributed by atoms with Crippen molar-refractivity contribution in [3.8, 4) is 0 Å². The number of piperidine rings is 1. The van der Waals surface area contributed by atoms with Gasteiger partial charge in [0.2, 0.25) is 11.9 Å². The van der Waals surface area contributed by atoms with Gasteiger partial charge < -0.3 is 25.1 Å². The van der Waals surface area contributed by atoms with Crippen molar-refractivity contribution in [2.75, 3.05) is 52.2 Å². The molecule has 4 heterocycles. The van der Waals surface area contributed by atoms with Crippen LogP contribution in [-0.4, -0.2) is 99.1 Å². The second kappa shape index (κ2) is 11.3. The standard InChI is InChI=1S/C28H35N7O3/c1-32-15-11-23(12-16-32)33(2)27(38)21-5-7-22(8-6-21)29-28-30-26-24(4-3-14-35(26)31-28)20-9-17-34(18-10-20)25(37)13-19-36/h3-9,14,23,36H,10-13,15-19H2,1-2H3,(H,29,31). The first-order valence-corrected chi connectivity index (χ1v) is 13.2. The van der Waals surface area contributed by atoms with Crippen LogP contribution >= 0.6 is 0 Å². The second-order valence-electron chi connectivity index (χ2n) is 10.1. The first-order chi connectivity index (χ1) is 18.4. The zero-order valence-electron chi connectivity index (χ0n) is 22.0. The predicted molar refractivity (Wildman–Crippen MR) is 146 cm³/mol. The lowest BCUT2D eigenvalue weighted by Crippen LogP contribution is -2.44. The number of rotatable bonds is 7. The molecule has 2 amide bonds. The highest BCUT2D eigenvalue weighted by atomic mass is 16.3. The Labute approximate surface area is 222 Å². The van der Waals surface area contributed by atoms with Gasteiger partial charge in [-0.3, -0.25) is 9.59 Å². The maximum absolute atomic E-state index is 13.0. The number of hydrogen-bond donors (Lipinski definition) is 2. The number of fused-ring (bicyclic) bond motifs is 1. The van der Waals surface area contributed by atoms with Crippen LogP contribution in [0.3, 0.4) is 0 Å². The molecule has 0 radical (unpaired) electrons. The van der Waals surface area contributed by atoms with Gasteiger partial charge in [-0.05, 0) is 81.4 Å². The molecule has 0 unspecified atom stereocenters. The third-order valence-corrected chi connectivity index (χ3v) is 7.54. The van der Waals surface area contributed by atoms with E-state index in [1.807, 2.05) is 60.6 Å². The highest BCUT2D eigenvalue weighted by molar-refractivity contribution is 5.94. The van der Waals surface area contributed by atoms with E-state index in [-0.39, 0.29) is 30.9 Å². The minimum atomic E-state index is -0.130. The highest BCUT2D eigenvalue weighted by Gasteiger charge is 2.25. The van der Waals surface area contributed by atoms with Crippen LogP contribution in [0.5, 0.6) is 0 Å². The molecule has 2 aromatic heterocycles. The average Bonchev–Trinajstić information content (AvgIpc) is 3.36. The van der Waals surface area contributed by atoms with E-state index in [9.17, 15) is 9.59 Å². The number of likely N-dealkylation sites (tertiary alicyclic amines) is 1. The van der Waals surface area contributed by atoms with Gasteiger partial charge in [0.05, 0.1) is 6.61 Å². The maximum Gasteiger partial charge on any atom is 0.253 e. The Bertz CT molecular complexity index is 1330. The Hall–Kier alpha value is -3.76. The summed E-state index contributed by atoms with van der Waals surface area (Å²) < 4.78 is 1.75. The van der Waals surface area contributed by atoms with Crippen molar-refractivity contribution >= 4 is 34.7 Å². The SMILES string of the molecule is CN1CCC(N(C)C(=O)c2ccc(Nc3nc4c(C5=CCN(C(=O)CCO)CC5)cccn4n3)cc2)CC1. The number of amides is 2. The topological polar surface area (TPSA) is 106 Å². The molecular formula is C28H35N7O3. The number of benzene rings is 1. The molecule has 200 valence electrons. The van der Waals surface area contributed by atoms with Crippen molar-refractivity contribution < 1.29 is 14.7 Å². The van der Waals surface area contributed by atoms with Crippen molar-refractivity contribution in [1.82, 2.24) is 29.3 Å². The summed E-state index contributed by atoms with van der Waals surface area (Å²) in [5, 5.41) is 16.9. The van der Waals surface area contributed by atoms with Crippen LogP contribution < -0.4 is 5.32 Å². The van der Waals surface area contributed by atoms with Crippen molar-refractivity contribution in [2.45, 2.75) is 31.7 Å². The molecule has 2 aliphatic rings. The number of aromatic nitrogens is 3. The van der Waals surface area contributed by atoms with Gasteiger partial charge in [-0.15, -0.1) is 5.10 Å². The molecule has 38 heavy (non-hydrogen) atoms. The van der Waals surface area contributed by atoms with E-state index in [1.54, 1.807) is 9.42 Å². The van der Waals surface area contributed by atoms with E-state index in [0.717, 1.165) is 48.4 Å². The van der Waals surface area contributed by atoms with E-state index in [4.69, 9.17) is 10.1 Å². The van der Waals surface area contributed by atoms with Gasteiger partial charge in [0, 0.05) is 55.6 Å². The third-order valence-electron chi connectivity index (χ3n) is 7.54. The van der Waals surface area contributed by atoms with Crippen LogP contribution in [0, 0.1) is 0 Å². The van der Waals surface area contributed by atoms with E-state index < -0.39 is 0 Å².